The average molecular weight is 364 g/mol. The molecule has 142 valence electrons. The lowest BCUT2D eigenvalue weighted by Gasteiger charge is -2.33. The van der Waals surface area contributed by atoms with E-state index in [1.54, 1.807) is 0 Å². The van der Waals surface area contributed by atoms with Crippen molar-refractivity contribution in [3.63, 3.8) is 0 Å². The smallest absolute Gasteiger partial charge is 0.225 e. The molecule has 0 bridgehead atoms. The lowest BCUT2D eigenvalue weighted by molar-refractivity contribution is -0.125. The highest BCUT2D eigenvalue weighted by atomic mass is 16.2. The van der Waals surface area contributed by atoms with Gasteiger partial charge in [0.1, 0.15) is 0 Å². The summed E-state index contributed by atoms with van der Waals surface area (Å²) in [5, 5.41) is 12.2. The van der Waals surface area contributed by atoms with Crippen LogP contribution in [0.5, 0.6) is 0 Å². The molecule has 1 unspecified atom stereocenters. The molecule has 2 aromatic rings. The fourth-order valence-electron chi connectivity index (χ4n) is 4.29. The Hall–Kier alpha value is -2.43. The second-order valence-electron chi connectivity index (χ2n) is 7.87. The molecule has 27 heavy (non-hydrogen) atoms. The summed E-state index contributed by atoms with van der Waals surface area (Å²) in [5.74, 6) is 1.14. The molecule has 0 spiro atoms. The van der Waals surface area contributed by atoms with E-state index in [-0.39, 0.29) is 11.8 Å². The summed E-state index contributed by atoms with van der Waals surface area (Å²) in [7, 11) is 0. The molecule has 1 saturated carbocycles. The van der Waals surface area contributed by atoms with Gasteiger partial charge in [-0.05, 0) is 50.3 Å². The van der Waals surface area contributed by atoms with Gasteiger partial charge in [0.15, 0.2) is 5.82 Å². The Labute approximate surface area is 161 Å². The lowest BCUT2D eigenvalue weighted by atomic mass is 9.96. The Morgan fingerprint density at radius 3 is 2.59 bits per heavy atom. The van der Waals surface area contributed by atoms with Crippen molar-refractivity contribution in [3.05, 3.63) is 42.0 Å². The molecule has 1 aromatic heterocycles. The fraction of sp³-hybridized carbons (Fsp3) is 0.500. The third-order valence-electron chi connectivity index (χ3n) is 5.89. The Kier molecular flexibility index (Phi) is 5.37. The SMILES string of the molecule is Cc1ccccc1-c1ccc(N2CCCC(C(=O)NC3CCCC3)C2)nn1. The van der Waals surface area contributed by atoms with Crippen LogP contribution in [0.2, 0.25) is 0 Å². The Morgan fingerprint density at radius 1 is 1.04 bits per heavy atom. The first-order chi connectivity index (χ1) is 13.2. The number of benzene rings is 1. The van der Waals surface area contributed by atoms with E-state index in [1.807, 2.05) is 24.3 Å². The molecule has 4 rings (SSSR count). The highest BCUT2D eigenvalue weighted by Gasteiger charge is 2.28. The van der Waals surface area contributed by atoms with Gasteiger partial charge in [-0.15, -0.1) is 10.2 Å². The van der Waals surface area contributed by atoms with E-state index in [0.717, 1.165) is 55.8 Å². The van der Waals surface area contributed by atoms with Crippen molar-refractivity contribution in [1.82, 2.24) is 15.5 Å². The summed E-state index contributed by atoms with van der Waals surface area (Å²) in [6, 6.07) is 12.7. The lowest BCUT2D eigenvalue weighted by Crippen LogP contribution is -2.45. The first kappa shape index (κ1) is 18.0. The van der Waals surface area contributed by atoms with Gasteiger partial charge >= 0.3 is 0 Å². The van der Waals surface area contributed by atoms with Crippen LogP contribution in [-0.2, 0) is 4.79 Å². The quantitative estimate of drug-likeness (QED) is 0.898. The third-order valence-corrected chi connectivity index (χ3v) is 5.89. The molecule has 1 aliphatic heterocycles. The molecule has 2 aliphatic rings. The maximum atomic E-state index is 12.6. The van der Waals surface area contributed by atoms with Crippen LogP contribution in [0.25, 0.3) is 11.3 Å². The van der Waals surface area contributed by atoms with Crippen LogP contribution >= 0.6 is 0 Å². The van der Waals surface area contributed by atoms with Gasteiger partial charge in [-0.25, -0.2) is 0 Å². The summed E-state index contributed by atoms with van der Waals surface area (Å²) in [6.45, 7) is 3.76. The number of rotatable bonds is 4. The molecular weight excluding hydrogens is 336 g/mol. The van der Waals surface area contributed by atoms with E-state index in [4.69, 9.17) is 0 Å². The van der Waals surface area contributed by atoms with Gasteiger partial charge in [-0.2, -0.15) is 0 Å². The van der Waals surface area contributed by atoms with Crippen molar-refractivity contribution in [1.29, 1.82) is 0 Å². The number of carbonyl (C=O) groups excluding carboxylic acids is 1. The number of nitrogens with zero attached hydrogens (tertiary/aromatic N) is 3. The van der Waals surface area contributed by atoms with Gasteiger partial charge in [-0.1, -0.05) is 37.1 Å². The molecule has 2 heterocycles. The molecule has 5 nitrogen and oxygen atoms in total. The minimum absolute atomic E-state index is 0.0530. The van der Waals surface area contributed by atoms with E-state index < -0.39 is 0 Å². The van der Waals surface area contributed by atoms with Crippen molar-refractivity contribution < 1.29 is 4.79 Å². The van der Waals surface area contributed by atoms with E-state index in [1.165, 1.54) is 18.4 Å². The zero-order chi connectivity index (χ0) is 18.6. The van der Waals surface area contributed by atoms with E-state index in [9.17, 15) is 4.79 Å². The zero-order valence-electron chi connectivity index (χ0n) is 16.0. The molecule has 1 N–H and O–H groups in total. The highest BCUT2D eigenvalue weighted by molar-refractivity contribution is 5.80. The summed E-state index contributed by atoms with van der Waals surface area (Å²) in [6.07, 6.45) is 6.73. The van der Waals surface area contributed by atoms with Crippen molar-refractivity contribution in [3.8, 4) is 11.3 Å². The van der Waals surface area contributed by atoms with Crippen LogP contribution in [0.4, 0.5) is 5.82 Å². The Morgan fingerprint density at radius 2 is 1.85 bits per heavy atom. The van der Waals surface area contributed by atoms with Crippen LogP contribution in [-0.4, -0.2) is 35.2 Å². The Balaban J connectivity index is 1.42. The van der Waals surface area contributed by atoms with Crippen molar-refractivity contribution in [2.75, 3.05) is 18.0 Å². The van der Waals surface area contributed by atoms with Gasteiger partial charge < -0.3 is 10.2 Å². The second-order valence-corrected chi connectivity index (χ2v) is 7.87. The molecule has 1 aromatic carbocycles. The van der Waals surface area contributed by atoms with Crippen molar-refractivity contribution >= 4 is 11.7 Å². The average Bonchev–Trinajstić information content (AvgIpc) is 3.22. The minimum atomic E-state index is 0.0530. The van der Waals surface area contributed by atoms with Gasteiger partial charge in [0.05, 0.1) is 11.6 Å². The van der Waals surface area contributed by atoms with E-state index in [2.05, 4.69) is 39.5 Å². The van der Waals surface area contributed by atoms with Gasteiger partial charge in [0, 0.05) is 24.7 Å². The predicted molar refractivity (Wildman–Crippen MR) is 108 cm³/mol. The van der Waals surface area contributed by atoms with Crippen LogP contribution in [0.15, 0.2) is 36.4 Å². The topological polar surface area (TPSA) is 58.1 Å². The standard InChI is InChI=1S/C22H28N4O/c1-16-7-2-5-11-19(16)20-12-13-21(25-24-20)26-14-6-8-17(15-26)22(27)23-18-9-3-4-10-18/h2,5,7,11-13,17-18H,3-4,6,8-10,14-15H2,1H3,(H,23,27). The normalized spacial score (nSPS) is 20.6. The second kappa shape index (κ2) is 8.07. The first-order valence-electron chi connectivity index (χ1n) is 10.2. The summed E-state index contributed by atoms with van der Waals surface area (Å²) >= 11 is 0. The molecule has 1 aliphatic carbocycles. The zero-order valence-corrected chi connectivity index (χ0v) is 16.0. The van der Waals surface area contributed by atoms with Crippen LogP contribution in [0.3, 0.4) is 0 Å². The third kappa shape index (κ3) is 4.12. The maximum absolute atomic E-state index is 12.6. The van der Waals surface area contributed by atoms with E-state index >= 15 is 0 Å². The summed E-state index contributed by atoms with van der Waals surface area (Å²) in [4.78, 5) is 14.8. The van der Waals surface area contributed by atoms with Crippen molar-refractivity contribution in [2.45, 2.75) is 51.5 Å². The number of hydrogen-bond acceptors (Lipinski definition) is 4. The number of carbonyl (C=O) groups is 1. The van der Waals surface area contributed by atoms with Crippen LogP contribution in [0, 0.1) is 12.8 Å². The minimum Gasteiger partial charge on any atom is -0.354 e. The van der Waals surface area contributed by atoms with Crippen molar-refractivity contribution in [2.24, 2.45) is 5.92 Å². The van der Waals surface area contributed by atoms with Crippen LogP contribution < -0.4 is 10.2 Å². The maximum Gasteiger partial charge on any atom is 0.225 e. The highest BCUT2D eigenvalue weighted by Crippen LogP contribution is 2.25. The van der Waals surface area contributed by atoms with Gasteiger partial charge in [-0.3, -0.25) is 4.79 Å². The summed E-state index contributed by atoms with van der Waals surface area (Å²) in [5.41, 5.74) is 3.20. The molecule has 0 radical (unpaired) electrons. The van der Waals surface area contributed by atoms with Gasteiger partial charge in [0.25, 0.3) is 0 Å². The predicted octanol–water partition coefficient (Wildman–Crippen LogP) is 3.73. The molecule has 1 amide bonds. The number of aryl methyl sites for hydroxylation is 1. The first-order valence-corrected chi connectivity index (χ1v) is 10.2. The monoisotopic (exact) mass is 364 g/mol. The number of anilines is 1. The number of aromatic nitrogens is 2. The van der Waals surface area contributed by atoms with Crippen LogP contribution in [0.1, 0.15) is 44.1 Å². The summed E-state index contributed by atoms with van der Waals surface area (Å²) < 4.78 is 0. The molecule has 1 atom stereocenters. The Bertz CT molecular complexity index is 783. The van der Waals surface area contributed by atoms with E-state index in [0.29, 0.717) is 6.04 Å². The number of hydrogen-bond donors (Lipinski definition) is 1. The largest absolute Gasteiger partial charge is 0.354 e. The number of nitrogens with one attached hydrogen (secondary N) is 1. The number of amides is 1. The molecular formula is C22H28N4O. The number of piperidine rings is 1. The van der Waals surface area contributed by atoms with Gasteiger partial charge in [0.2, 0.25) is 5.91 Å². The molecule has 5 heteroatoms. The molecule has 1 saturated heterocycles. The fourth-order valence-corrected chi connectivity index (χ4v) is 4.29. The molecule has 2 fully saturated rings.